The van der Waals surface area contributed by atoms with Gasteiger partial charge < -0.3 is 23.8 Å². The molecule has 0 aromatic rings. The largest absolute Gasteiger partial charge is 0.477 e. The van der Waals surface area contributed by atoms with Crippen molar-refractivity contribution in [2.45, 2.75) is 212 Å². The van der Waals surface area contributed by atoms with Crippen LogP contribution in [-0.4, -0.2) is 80.6 Å². The zero-order valence-corrected chi connectivity index (χ0v) is 41.7. The van der Waals surface area contributed by atoms with E-state index in [4.69, 9.17) is 14.2 Å². The third kappa shape index (κ3) is 43.7. The molecule has 64 heavy (non-hydrogen) atoms. The normalized spacial score (nSPS) is 13.6. The van der Waals surface area contributed by atoms with Crippen molar-refractivity contribution in [2.75, 3.05) is 41.0 Å². The molecule has 8 nitrogen and oxygen atoms in total. The maximum atomic E-state index is 12.8. The van der Waals surface area contributed by atoms with E-state index in [-0.39, 0.29) is 36.2 Å². The molecule has 8 heteroatoms. The molecular formula is C56H96NO7+. The van der Waals surface area contributed by atoms with Gasteiger partial charge in [0, 0.05) is 19.3 Å². The maximum Gasteiger partial charge on any atom is 0.362 e. The highest BCUT2D eigenvalue weighted by Gasteiger charge is 2.31. The maximum absolute atomic E-state index is 12.8. The van der Waals surface area contributed by atoms with Crippen LogP contribution in [0.3, 0.4) is 0 Å². The second-order valence-electron chi connectivity index (χ2n) is 18.1. The molecule has 1 N–H and O–H groups in total. The Hall–Kier alpha value is -3.49. The van der Waals surface area contributed by atoms with E-state index in [1.165, 1.54) is 70.6 Å². The molecule has 2 atom stereocenters. The summed E-state index contributed by atoms with van der Waals surface area (Å²) in [6, 6.07) is -0.624. The highest BCUT2D eigenvalue weighted by atomic mass is 16.6. The average molecular weight is 895 g/mol. The van der Waals surface area contributed by atoms with Crippen molar-refractivity contribution < 1.29 is 38.2 Å². The summed E-state index contributed by atoms with van der Waals surface area (Å²) in [6.45, 7) is 4.58. The minimum atomic E-state index is -0.881. The van der Waals surface area contributed by atoms with Gasteiger partial charge in [0.1, 0.15) is 6.61 Å². The number of unbranched alkanes of at least 4 members (excludes halogenated alkanes) is 19. The van der Waals surface area contributed by atoms with E-state index in [2.05, 4.69) is 98.9 Å². The number of carboxylic acid groups (broad SMARTS) is 1. The SMILES string of the molecule is CC/C=C/C/C=C/C/C=C/C/C=C/CCCCCCCCCCCC(=O)OC(COCCC(C(=O)O)[N+](C)(C)C)COC(=O)CCCCCCC/C=C/C=C/C=C/CCCCCCC. The number of rotatable bonds is 45. The highest BCUT2D eigenvalue weighted by Crippen LogP contribution is 2.14. The van der Waals surface area contributed by atoms with Gasteiger partial charge in [0.25, 0.3) is 0 Å². The molecule has 0 aromatic carbocycles. The molecule has 0 aliphatic heterocycles. The molecule has 0 heterocycles. The lowest BCUT2D eigenvalue weighted by Crippen LogP contribution is -2.50. The van der Waals surface area contributed by atoms with Gasteiger partial charge in [-0.15, -0.1) is 0 Å². The molecule has 0 aliphatic rings. The molecule has 0 bridgehead atoms. The monoisotopic (exact) mass is 895 g/mol. The number of likely N-dealkylation sites (N-methyl/N-ethyl adjacent to an activating group) is 1. The fraction of sp³-hybridized carbons (Fsp3) is 0.696. The summed E-state index contributed by atoms with van der Waals surface area (Å²) in [6.07, 6.45) is 60.5. The van der Waals surface area contributed by atoms with Crippen molar-refractivity contribution in [1.29, 1.82) is 0 Å². The third-order valence-electron chi connectivity index (χ3n) is 11.1. The molecule has 0 fully saturated rings. The summed E-state index contributed by atoms with van der Waals surface area (Å²) in [5, 5.41) is 9.66. The van der Waals surface area contributed by atoms with Crippen LogP contribution in [0.5, 0.6) is 0 Å². The van der Waals surface area contributed by atoms with Crippen molar-refractivity contribution in [1.82, 2.24) is 0 Å². The molecular weight excluding hydrogens is 799 g/mol. The first kappa shape index (κ1) is 60.5. The Kier molecular flexibility index (Phi) is 43.5. The summed E-state index contributed by atoms with van der Waals surface area (Å²) in [4.78, 5) is 37.2. The predicted molar refractivity (Wildman–Crippen MR) is 270 cm³/mol. The standard InChI is InChI=1S/C56H95NO7/c1-6-8-10-12-14-16-18-20-22-24-26-27-28-29-31-33-35-37-39-41-43-45-47-55(59)64-52(50-62-49-48-53(56(60)61)57(3,4)5)51-63-54(58)46-44-42-40-38-36-34-32-30-25-23-21-19-17-15-13-11-9-7-2/h8,10,14,16,19-23,25-27,30,32,52-53H,6-7,9,11-13,15,17-18,24,28-29,31,33-51H2,1-5H3/p+1/b10-8+,16-14+,21-19+,22-20+,25-23+,27-26+,32-30+. The molecule has 0 radical (unpaired) electrons. The lowest BCUT2D eigenvalue weighted by atomic mass is 10.1. The van der Waals surface area contributed by atoms with Crippen molar-refractivity contribution in [2.24, 2.45) is 0 Å². The molecule has 2 unspecified atom stereocenters. The van der Waals surface area contributed by atoms with Gasteiger partial charge in [0.15, 0.2) is 12.1 Å². The molecule has 0 saturated heterocycles. The summed E-state index contributed by atoms with van der Waals surface area (Å²) in [5.41, 5.74) is 0. The van der Waals surface area contributed by atoms with Crippen molar-refractivity contribution >= 4 is 17.9 Å². The summed E-state index contributed by atoms with van der Waals surface area (Å²) >= 11 is 0. The van der Waals surface area contributed by atoms with Gasteiger partial charge in [-0.25, -0.2) is 4.79 Å². The van der Waals surface area contributed by atoms with Crippen molar-refractivity contribution in [3.8, 4) is 0 Å². The highest BCUT2D eigenvalue weighted by molar-refractivity contribution is 5.72. The molecule has 0 rings (SSSR count). The van der Waals surface area contributed by atoms with E-state index in [1.54, 1.807) is 0 Å². The van der Waals surface area contributed by atoms with Crippen LogP contribution in [0.4, 0.5) is 0 Å². The first-order valence-corrected chi connectivity index (χ1v) is 25.7. The number of nitrogens with zero attached hydrogens (tertiary/aromatic N) is 1. The number of carbonyl (C=O) groups is 3. The molecule has 0 spiro atoms. The quantitative estimate of drug-likeness (QED) is 0.0214. The van der Waals surface area contributed by atoms with Crippen molar-refractivity contribution in [3.63, 3.8) is 0 Å². The van der Waals surface area contributed by atoms with E-state index in [9.17, 15) is 19.5 Å². The van der Waals surface area contributed by atoms with E-state index in [0.717, 1.165) is 96.3 Å². The van der Waals surface area contributed by atoms with Crippen LogP contribution in [0.15, 0.2) is 85.1 Å². The van der Waals surface area contributed by atoms with Crippen LogP contribution in [0.1, 0.15) is 200 Å². The first-order chi connectivity index (χ1) is 31.1. The van der Waals surface area contributed by atoms with E-state index < -0.39 is 18.1 Å². The number of hydrogen-bond acceptors (Lipinski definition) is 6. The second-order valence-corrected chi connectivity index (χ2v) is 18.1. The molecule has 366 valence electrons. The number of esters is 2. The fourth-order valence-corrected chi connectivity index (χ4v) is 7.14. The van der Waals surface area contributed by atoms with E-state index in [1.807, 2.05) is 21.1 Å². The van der Waals surface area contributed by atoms with Crippen LogP contribution in [0, 0.1) is 0 Å². The van der Waals surface area contributed by atoms with Crippen LogP contribution in [0.2, 0.25) is 0 Å². The van der Waals surface area contributed by atoms with Gasteiger partial charge in [0.05, 0.1) is 34.4 Å². The van der Waals surface area contributed by atoms with Gasteiger partial charge in [-0.1, -0.05) is 189 Å². The average Bonchev–Trinajstić information content (AvgIpc) is 3.26. The lowest BCUT2D eigenvalue weighted by Gasteiger charge is -2.31. The number of allylic oxidation sites excluding steroid dienone is 14. The number of quaternary nitrogens is 1. The molecule has 0 aliphatic carbocycles. The summed E-state index contributed by atoms with van der Waals surface area (Å²) < 4.78 is 17.3. The lowest BCUT2D eigenvalue weighted by molar-refractivity contribution is -0.887. The fourth-order valence-electron chi connectivity index (χ4n) is 7.14. The predicted octanol–water partition coefficient (Wildman–Crippen LogP) is 14.9. The Morgan fingerprint density at radius 1 is 0.500 bits per heavy atom. The molecule has 0 saturated carbocycles. The van der Waals surface area contributed by atoms with Crippen LogP contribution >= 0.6 is 0 Å². The Balaban J connectivity index is 4.31. The van der Waals surface area contributed by atoms with Gasteiger partial charge in [-0.3, -0.25) is 9.59 Å². The van der Waals surface area contributed by atoms with Crippen LogP contribution in [0.25, 0.3) is 0 Å². The van der Waals surface area contributed by atoms with E-state index >= 15 is 0 Å². The zero-order valence-electron chi connectivity index (χ0n) is 41.7. The Labute approximate surface area is 393 Å². The minimum Gasteiger partial charge on any atom is -0.477 e. The van der Waals surface area contributed by atoms with Gasteiger partial charge in [-0.05, 0) is 77.0 Å². The topological polar surface area (TPSA) is 99.1 Å². The Morgan fingerprint density at radius 3 is 1.42 bits per heavy atom. The summed E-state index contributed by atoms with van der Waals surface area (Å²) in [5.74, 6) is -1.50. The van der Waals surface area contributed by atoms with Gasteiger partial charge in [-0.2, -0.15) is 0 Å². The Morgan fingerprint density at radius 2 is 0.938 bits per heavy atom. The third-order valence-corrected chi connectivity index (χ3v) is 11.1. The zero-order chi connectivity index (χ0) is 47.0. The molecule has 0 aromatic heterocycles. The van der Waals surface area contributed by atoms with Crippen molar-refractivity contribution in [3.05, 3.63) is 85.1 Å². The number of carboxylic acids is 1. The molecule has 0 amide bonds. The summed E-state index contributed by atoms with van der Waals surface area (Å²) in [7, 11) is 5.52. The second kappa shape index (κ2) is 46.1. The van der Waals surface area contributed by atoms with Crippen LogP contribution < -0.4 is 0 Å². The Bertz CT molecular complexity index is 1320. The number of hydrogen-bond donors (Lipinski definition) is 1. The van der Waals surface area contributed by atoms with Gasteiger partial charge in [0.2, 0.25) is 0 Å². The van der Waals surface area contributed by atoms with Crippen LogP contribution in [-0.2, 0) is 28.6 Å². The first-order valence-electron chi connectivity index (χ1n) is 25.7. The number of carbonyl (C=O) groups excluding carboxylic acids is 2. The van der Waals surface area contributed by atoms with E-state index in [0.29, 0.717) is 19.3 Å². The minimum absolute atomic E-state index is 0.0477. The number of ether oxygens (including phenoxy) is 3. The number of aliphatic carboxylic acids is 1. The van der Waals surface area contributed by atoms with Gasteiger partial charge >= 0.3 is 17.9 Å². The smallest absolute Gasteiger partial charge is 0.362 e.